The van der Waals surface area contributed by atoms with Gasteiger partial charge in [-0.25, -0.2) is 9.78 Å². The third kappa shape index (κ3) is 8.32. The van der Waals surface area contributed by atoms with Crippen molar-refractivity contribution < 1.29 is 14.6 Å². The van der Waals surface area contributed by atoms with Gasteiger partial charge in [-0.15, -0.1) is 0 Å². The first-order valence-electron chi connectivity index (χ1n) is 13.9. The predicted molar refractivity (Wildman–Crippen MR) is 166 cm³/mol. The number of aryl methyl sites for hydroxylation is 1. The van der Waals surface area contributed by atoms with Gasteiger partial charge in [-0.1, -0.05) is 43.1 Å². The molecule has 1 atom stereocenters. The summed E-state index contributed by atoms with van der Waals surface area (Å²) in [6.45, 7) is 14.6. The number of amides is 1. The SMILES string of the molecule is CC.CC(C)(C)OC(=O)N1CCNCC1.Cn1cncc1C(C)(O)C1=Cc2cc(Cl)ccc2Cc2ncc(Cl)cc21. The molecule has 1 saturated heterocycles. The van der Waals surface area contributed by atoms with Crippen LogP contribution in [-0.2, 0) is 23.8 Å². The first kappa shape index (κ1) is 32.6. The highest BCUT2D eigenvalue weighted by atomic mass is 35.5. The molecular formula is C31H41Cl2N5O3. The molecule has 2 N–H and O–H groups in total. The topological polar surface area (TPSA) is 92.5 Å². The van der Waals surface area contributed by atoms with Gasteiger partial charge < -0.3 is 24.6 Å². The van der Waals surface area contributed by atoms with E-state index >= 15 is 0 Å². The fraction of sp³-hybridized carbons (Fsp3) is 0.452. The summed E-state index contributed by atoms with van der Waals surface area (Å²) in [5, 5.41) is 15.9. The van der Waals surface area contributed by atoms with E-state index in [1.54, 1.807) is 30.5 Å². The van der Waals surface area contributed by atoms with Crippen molar-refractivity contribution in [2.45, 2.75) is 59.2 Å². The van der Waals surface area contributed by atoms with Crippen LogP contribution < -0.4 is 5.32 Å². The second-order valence-electron chi connectivity index (χ2n) is 10.9. The van der Waals surface area contributed by atoms with Gasteiger partial charge in [0.2, 0.25) is 0 Å². The van der Waals surface area contributed by atoms with Crippen molar-refractivity contribution in [2.75, 3.05) is 26.2 Å². The monoisotopic (exact) mass is 601 g/mol. The molecule has 1 unspecified atom stereocenters. The summed E-state index contributed by atoms with van der Waals surface area (Å²) < 4.78 is 7.04. The summed E-state index contributed by atoms with van der Waals surface area (Å²) in [5.41, 5.74) is 3.48. The van der Waals surface area contributed by atoms with E-state index in [9.17, 15) is 9.90 Å². The van der Waals surface area contributed by atoms with Crippen LogP contribution >= 0.6 is 23.2 Å². The Bertz CT molecular complexity index is 1370. The molecule has 5 rings (SSSR count). The number of rotatable bonds is 2. The average molecular weight is 603 g/mol. The number of aromatic nitrogens is 3. The lowest BCUT2D eigenvalue weighted by Gasteiger charge is -2.30. The molecule has 3 heterocycles. The van der Waals surface area contributed by atoms with E-state index in [2.05, 4.69) is 15.3 Å². The maximum atomic E-state index is 11.5. The second kappa shape index (κ2) is 13.8. The lowest BCUT2D eigenvalue weighted by molar-refractivity contribution is 0.0229. The van der Waals surface area contributed by atoms with Crippen molar-refractivity contribution in [1.29, 1.82) is 0 Å². The molecule has 1 amide bonds. The maximum Gasteiger partial charge on any atom is 0.410 e. The lowest BCUT2D eigenvalue weighted by atomic mass is 9.86. The third-order valence-corrected chi connectivity index (χ3v) is 7.04. The van der Waals surface area contributed by atoms with Gasteiger partial charge in [0.25, 0.3) is 0 Å². The number of nitrogens with zero attached hydrogens (tertiary/aromatic N) is 4. The summed E-state index contributed by atoms with van der Waals surface area (Å²) in [6, 6.07) is 7.63. The summed E-state index contributed by atoms with van der Waals surface area (Å²) in [6.07, 6.45) is 7.38. The quantitative estimate of drug-likeness (QED) is 0.357. The zero-order valence-corrected chi connectivity index (χ0v) is 26.5. The minimum Gasteiger partial charge on any atom is -0.444 e. The molecule has 0 radical (unpaired) electrons. The Kier molecular flexibility index (Phi) is 11.0. The highest BCUT2D eigenvalue weighted by molar-refractivity contribution is 6.31. The molecule has 3 aromatic rings. The van der Waals surface area contributed by atoms with Gasteiger partial charge in [-0.05, 0) is 68.7 Å². The second-order valence-corrected chi connectivity index (χ2v) is 11.8. The van der Waals surface area contributed by atoms with Gasteiger partial charge in [0.1, 0.15) is 11.2 Å². The number of carbonyl (C=O) groups excluding carboxylic acids is 1. The van der Waals surface area contributed by atoms with Crippen LogP contribution in [0.5, 0.6) is 0 Å². The number of halogens is 2. The molecule has 0 saturated carbocycles. The van der Waals surface area contributed by atoms with Crippen LogP contribution in [0.3, 0.4) is 0 Å². The van der Waals surface area contributed by atoms with Gasteiger partial charge in [0.05, 0.1) is 28.9 Å². The molecule has 1 aliphatic carbocycles. The standard InChI is InChI=1S/C20H17Cl2N3O.C9H18N2O2.C2H6/c1-20(26,19-10-23-11-25(19)2)17-6-13-5-14(21)4-3-12(13)7-18-16(17)8-15(22)9-24-18;1-9(2,3)13-8(12)11-6-4-10-5-7-11;1-2/h3-6,8-11,26H,7H2,1-2H3;10H,4-7H2,1-3H3;1-2H3. The molecule has 10 heteroatoms. The molecule has 2 aromatic heterocycles. The number of pyridine rings is 1. The number of carbonyl (C=O) groups is 1. The number of hydrogen-bond acceptors (Lipinski definition) is 6. The molecule has 1 fully saturated rings. The predicted octanol–water partition coefficient (Wildman–Crippen LogP) is 6.33. The van der Waals surface area contributed by atoms with E-state index in [-0.39, 0.29) is 11.7 Å². The summed E-state index contributed by atoms with van der Waals surface area (Å²) in [5.74, 6) is 0. The van der Waals surface area contributed by atoms with Crippen LogP contribution in [0.25, 0.3) is 11.6 Å². The molecule has 1 aliphatic heterocycles. The number of fused-ring (bicyclic) bond motifs is 2. The molecule has 222 valence electrons. The Morgan fingerprint density at radius 2 is 1.73 bits per heavy atom. The van der Waals surface area contributed by atoms with E-state index in [0.29, 0.717) is 27.7 Å². The van der Waals surface area contributed by atoms with Crippen molar-refractivity contribution in [1.82, 2.24) is 24.8 Å². The zero-order valence-electron chi connectivity index (χ0n) is 25.0. The number of hydrogen-bond donors (Lipinski definition) is 2. The lowest BCUT2D eigenvalue weighted by Crippen LogP contribution is -2.48. The third-order valence-electron chi connectivity index (χ3n) is 6.60. The Balaban J connectivity index is 0.000000261. The van der Waals surface area contributed by atoms with Crippen LogP contribution in [0, 0.1) is 0 Å². The highest BCUT2D eigenvalue weighted by Gasteiger charge is 2.35. The molecular weight excluding hydrogens is 561 g/mol. The molecule has 1 aromatic carbocycles. The van der Waals surface area contributed by atoms with Crippen molar-refractivity contribution in [2.24, 2.45) is 7.05 Å². The van der Waals surface area contributed by atoms with E-state index < -0.39 is 5.60 Å². The molecule has 8 nitrogen and oxygen atoms in total. The Morgan fingerprint density at radius 3 is 2.34 bits per heavy atom. The average Bonchev–Trinajstić information content (AvgIpc) is 3.30. The van der Waals surface area contributed by atoms with Crippen molar-refractivity contribution in [3.63, 3.8) is 0 Å². The minimum absolute atomic E-state index is 0.200. The summed E-state index contributed by atoms with van der Waals surface area (Å²) in [4.78, 5) is 21.9. The van der Waals surface area contributed by atoms with E-state index in [1.165, 1.54) is 0 Å². The minimum atomic E-state index is -1.28. The zero-order chi connectivity index (χ0) is 30.4. The summed E-state index contributed by atoms with van der Waals surface area (Å²) >= 11 is 12.4. The van der Waals surface area contributed by atoms with Crippen molar-refractivity contribution in [3.8, 4) is 0 Å². The highest BCUT2D eigenvalue weighted by Crippen LogP contribution is 2.42. The molecule has 41 heavy (non-hydrogen) atoms. The number of imidazole rings is 1. The normalized spacial score (nSPS) is 15.9. The first-order chi connectivity index (χ1) is 19.3. The largest absolute Gasteiger partial charge is 0.444 e. The van der Waals surface area contributed by atoms with Crippen LogP contribution in [-0.4, -0.2) is 62.4 Å². The van der Waals surface area contributed by atoms with E-state index in [4.69, 9.17) is 27.9 Å². The van der Waals surface area contributed by atoms with Crippen LogP contribution in [0.15, 0.2) is 43.0 Å². The Morgan fingerprint density at radius 1 is 1.05 bits per heavy atom. The Labute approximate surface area is 253 Å². The van der Waals surface area contributed by atoms with Crippen molar-refractivity contribution >= 4 is 40.9 Å². The van der Waals surface area contributed by atoms with Gasteiger partial charge in [0.15, 0.2) is 0 Å². The van der Waals surface area contributed by atoms with Crippen molar-refractivity contribution in [3.05, 3.63) is 81.1 Å². The van der Waals surface area contributed by atoms with E-state index in [0.717, 1.165) is 48.6 Å². The van der Waals surface area contributed by atoms with E-state index in [1.807, 2.05) is 76.6 Å². The van der Waals surface area contributed by atoms with Crippen LogP contribution in [0.1, 0.15) is 69.6 Å². The van der Waals surface area contributed by atoms with Gasteiger partial charge >= 0.3 is 6.09 Å². The fourth-order valence-electron chi connectivity index (χ4n) is 4.66. The van der Waals surface area contributed by atoms with Gasteiger partial charge in [0, 0.05) is 56.4 Å². The van der Waals surface area contributed by atoms with Crippen LogP contribution in [0.2, 0.25) is 10.0 Å². The summed E-state index contributed by atoms with van der Waals surface area (Å²) in [7, 11) is 1.86. The van der Waals surface area contributed by atoms with Gasteiger partial charge in [-0.2, -0.15) is 0 Å². The number of aliphatic hydroxyl groups is 1. The molecule has 0 bridgehead atoms. The number of ether oxygens (including phenoxy) is 1. The maximum absolute atomic E-state index is 11.5. The molecule has 0 spiro atoms. The number of piperazine rings is 1. The smallest absolute Gasteiger partial charge is 0.410 e. The number of benzene rings is 1. The number of nitrogens with one attached hydrogen (secondary N) is 1. The Hall–Kier alpha value is -2.91. The van der Waals surface area contributed by atoms with Gasteiger partial charge in [-0.3, -0.25) is 4.98 Å². The fourth-order valence-corrected chi connectivity index (χ4v) is 5.00. The first-order valence-corrected chi connectivity index (χ1v) is 14.6. The van der Waals surface area contributed by atoms with Crippen LogP contribution in [0.4, 0.5) is 4.79 Å². The molecule has 2 aliphatic rings.